The van der Waals surface area contributed by atoms with E-state index in [9.17, 15) is 14.4 Å². The fraction of sp³-hybridized carbons (Fsp3) is 0.855. The van der Waals surface area contributed by atoms with Gasteiger partial charge in [0.15, 0.2) is 6.10 Å². The highest BCUT2D eigenvalue weighted by atomic mass is 16.6. The number of carbonyl (C=O) groups excluding carboxylic acids is 3. The quantitative estimate of drug-likeness (QED) is 0.0261. The molecule has 0 aliphatic carbocycles. The molecule has 480 valence electrons. The number of hydrogen-bond acceptors (Lipinski definition) is 6. The van der Waals surface area contributed by atoms with Gasteiger partial charge in [-0.25, -0.2) is 0 Å². The fourth-order valence-corrected chi connectivity index (χ4v) is 11.0. The van der Waals surface area contributed by atoms with Crippen molar-refractivity contribution in [3.8, 4) is 0 Å². The first-order valence-electron chi connectivity index (χ1n) is 36.6. The van der Waals surface area contributed by atoms with Gasteiger partial charge in [-0.3, -0.25) is 14.4 Å². The average Bonchev–Trinajstić information content (AvgIpc) is 3.47. The molecule has 0 fully saturated rings. The van der Waals surface area contributed by atoms with Crippen molar-refractivity contribution in [3.63, 3.8) is 0 Å². The van der Waals surface area contributed by atoms with Crippen LogP contribution in [0.4, 0.5) is 0 Å². The highest BCUT2D eigenvalue weighted by Crippen LogP contribution is 2.19. The van der Waals surface area contributed by atoms with E-state index in [0.717, 1.165) is 83.5 Å². The molecule has 6 heteroatoms. The smallest absolute Gasteiger partial charge is 0.306 e. The zero-order valence-electron chi connectivity index (χ0n) is 55.3. The summed E-state index contributed by atoms with van der Waals surface area (Å²) in [7, 11) is 0. The van der Waals surface area contributed by atoms with E-state index in [1.165, 1.54) is 276 Å². The number of hydrogen-bond donors (Lipinski definition) is 0. The topological polar surface area (TPSA) is 78.9 Å². The Hall–Kier alpha value is -2.63. The summed E-state index contributed by atoms with van der Waals surface area (Å²) in [6.45, 7) is 6.66. The fourth-order valence-electron chi connectivity index (χ4n) is 11.0. The summed E-state index contributed by atoms with van der Waals surface area (Å²) in [5.74, 6) is -0.867. The minimum atomic E-state index is -0.782. The van der Waals surface area contributed by atoms with Gasteiger partial charge in [-0.15, -0.1) is 0 Å². The van der Waals surface area contributed by atoms with Crippen molar-refractivity contribution >= 4 is 17.9 Å². The summed E-state index contributed by atoms with van der Waals surface area (Å²) < 4.78 is 17.0. The van der Waals surface area contributed by atoms with Crippen LogP contribution in [0.5, 0.6) is 0 Å². The molecule has 0 saturated carbocycles. The molecule has 0 aromatic rings. The van der Waals surface area contributed by atoms with Crippen LogP contribution in [0.3, 0.4) is 0 Å². The van der Waals surface area contributed by atoms with Crippen molar-refractivity contribution in [3.05, 3.63) is 48.6 Å². The molecule has 0 N–H and O–H groups in total. The maximum absolute atomic E-state index is 13.0. The molecule has 82 heavy (non-hydrogen) atoms. The molecule has 0 aromatic heterocycles. The summed E-state index contributed by atoms with van der Waals surface area (Å²) in [5.41, 5.74) is 0. The third kappa shape index (κ3) is 68.2. The maximum Gasteiger partial charge on any atom is 0.306 e. The summed E-state index contributed by atoms with van der Waals surface area (Å²) in [6.07, 6.45) is 90.1. The number of esters is 3. The van der Waals surface area contributed by atoms with Gasteiger partial charge in [0.1, 0.15) is 13.2 Å². The monoisotopic (exact) mass is 1150 g/mol. The number of allylic oxidation sites excluding steroid dienone is 8. The predicted molar refractivity (Wildman–Crippen MR) is 358 cm³/mol. The van der Waals surface area contributed by atoms with Gasteiger partial charge in [0.2, 0.25) is 0 Å². The Kier molecular flexibility index (Phi) is 68.6. The van der Waals surface area contributed by atoms with Crippen molar-refractivity contribution in [2.24, 2.45) is 0 Å². The molecule has 0 amide bonds. The second-order valence-electron chi connectivity index (χ2n) is 24.9. The Balaban J connectivity index is 4.24. The van der Waals surface area contributed by atoms with Gasteiger partial charge in [0.25, 0.3) is 0 Å². The Morgan fingerprint density at radius 1 is 0.244 bits per heavy atom. The van der Waals surface area contributed by atoms with E-state index < -0.39 is 6.10 Å². The highest BCUT2D eigenvalue weighted by Gasteiger charge is 2.19. The van der Waals surface area contributed by atoms with Crippen LogP contribution in [0.1, 0.15) is 400 Å². The molecule has 1 atom stereocenters. The van der Waals surface area contributed by atoms with E-state index in [0.29, 0.717) is 19.3 Å². The van der Waals surface area contributed by atoms with Crippen LogP contribution < -0.4 is 0 Å². The van der Waals surface area contributed by atoms with Gasteiger partial charge in [-0.1, -0.05) is 345 Å². The molecule has 0 bridgehead atoms. The van der Waals surface area contributed by atoms with E-state index in [-0.39, 0.29) is 31.1 Å². The molecule has 0 aliphatic rings. The minimum absolute atomic E-state index is 0.0754. The van der Waals surface area contributed by atoms with Crippen LogP contribution >= 0.6 is 0 Å². The van der Waals surface area contributed by atoms with Crippen molar-refractivity contribution in [2.45, 2.75) is 406 Å². The van der Waals surface area contributed by atoms with Crippen LogP contribution in [0, 0.1) is 0 Å². The Bertz CT molecular complexity index is 1410. The van der Waals surface area contributed by atoms with Crippen LogP contribution in [-0.2, 0) is 28.6 Å². The number of ether oxygens (including phenoxy) is 3. The molecule has 0 aromatic carbocycles. The van der Waals surface area contributed by atoms with Gasteiger partial charge >= 0.3 is 17.9 Å². The lowest BCUT2D eigenvalue weighted by molar-refractivity contribution is -0.167. The molecule has 0 rings (SSSR count). The van der Waals surface area contributed by atoms with Crippen molar-refractivity contribution in [1.82, 2.24) is 0 Å². The number of carbonyl (C=O) groups is 3. The van der Waals surface area contributed by atoms with Crippen LogP contribution in [0.2, 0.25) is 0 Å². The third-order valence-electron chi connectivity index (χ3n) is 16.6. The van der Waals surface area contributed by atoms with Crippen LogP contribution in [-0.4, -0.2) is 37.2 Å². The molecule has 0 spiro atoms. The molecular formula is C76H140O6. The van der Waals surface area contributed by atoms with Gasteiger partial charge in [0.05, 0.1) is 0 Å². The molecule has 6 nitrogen and oxygen atoms in total. The minimum Gasteiger partial charge on any atom is -0.462 e. The first kappa shape index (κ1) is 79.4. The lowest BCUT2D eigenvalue weighted by Crippen LogP contribution is -2.30. The molecule has 0 saturated heterocycles. The molecule has 0 aliphatic heterocycles. The van der Waals surface area contributed by atoms with Crippen molar-refractivity contribution < 1.29 is 28.6 Å². The first-order valence-corrected chi connectivity index (χ1v) is 36.6. The van der Waals surface area contributed by atoms with Crippen LogP contribution in [0.25, 0.3) is 0 Å². The van der Waals surface area contributed by atoms with Crippen LogP contribution in [0.15, 0.2) is 48.6 Å². The SMILES string of the molecule is CCCCC/C=C\C/C=C\CCCCCCCC(=O)OCC(COC(=O)CCCCCCCCCCCCCCCCCCCCCCCCCCCCCC)OC(=O)CCCCCCCCCCC/C=C\C/C=C\CCCCCCC. The highest BCUT2D eigenvalue weighted by molar-refractivity contribution is 5.71. The van der Waals surface area contributed by atoms with Gasteiger partial charge in [-0.2, -0.15) is 0 Å². The summed E-state index contributed by atoms with van der Waals surface area (Å²) in [6, 6.07) is 0. The zero-order valence-corrected chi connectivity index (χ0v) is 55.3. The van der Waals surface area contributed by atoms with Gasteiger partial charge < -0.3 is 14.2 Å². The Labute approximate surface area is 511 Å². The summed E-state index contributed by atoms with van der Waals surface area (Å²) in [4.78, 5) is 38.5. The molecule has 0 radical (unpaired) electrons. The first-order chi connectivity index (χ1) is 40.5. The Morgan fingerprint density at radius 3 is 0.695 bits per heavy atom. The normalized spacial score (nSPS) is 12.3. The third-order valence-corrected chi connectivity index (χ3v) is 16.6. The maximum atomic E-state index is 13.0. The average molecular weight is 1150 g/mol. The summed E-state index contributed by atoms with van der Waals surface area (Å²) >= 11 is 0. The largest absolute Gasteiger partial charge is 0.462 e. The van der Waals surface area contributed by atoms with Crippen molar-refractivity contribution in [1.29, 1.82) is 0 Å². The molecular weight excluding hydrogens is 1010 g/mol. The molecule has 1 unspecified atom stereocenters. The number of unbranched alkanes of at least 4 members (excludes halogenated alkanes) is 49. The van der Waals surface area contributed by atoms with E-state index >= 15 is 0 Å². The second kappa shape index (κ2) is 70.9. The van der Waals surface area contributed by atoms with E-state index in [1.54, 1.807) is 0 Å². The standard InChI is InChI=1S/C76H140O6/c1-4-7-10-13-16-19-22-25-28-30-32-34-35-36-37-38-39-40-42-43-45-48-51-54-57-60-63-66-69-75(78)81-72-73(71-80-74(77)68-65-62-59-56-53-50-47-27-24-21-18-15-12-9-6-3)82-76(79)70-67-64-61-58-55-52-49-46-44-41-33-31-29-26-23-20-17-14-11-8-5-2/h18,21,23,26-27,31,33,47,73H,4-17,19-20,22,24-25,28-30,32,34-46,48-72H2,1-3H3/b21-18-,26-23-,33-31-,47-27-. The van der Waals surface area contributed by atoms with Crippen molar-refractivity contribution in [2.75, 3.05) is 13.2 Å². The predicted octanol–water partition coefficient (Wildman–Crippen LogP) is 25.3. The molecule has 0 heterocycles. The van der Waals surface area contributed by atoms with E-state index in [1.807, 2.05) is 0 Å². The number of rotatable bonds is 68. The Morgan fingerprint density at radius 2 is 0.439 bits per heavy atom. The zero-order chi connectivity index (χ0) is 59.2. The van der Waals surface area contributed by atoms with E-state index in [2.05, 4.69) is 69.4 Å². The van der Waals surface area contributed by atoms with Gasteiger partial charge in [-0.05, 0) is 83.5 Å². The van der Waals surface area contributed by atoms with Gasteiger partial charge in [0, 0.05) is 19.3 Å². The lowest BCUT2D eigenvalue weighted by Gasteiger charge is -2.18. The second-order valence-corrected chi connectivity index (χ2v) is 24.9. The lowest BCUT2D eigenvalue weighted by atomic mass is 10.0. The summed E-state index contributed by atoms with van der Waals surface area (Å²) in [5, 5.41) is 0. The van der Waals surface area contributed by atoms with E-state index in [4.69, 9.17) is 14.2 Å².